The average molecular weight is 390 g/mol. The highest BCUT2D eigenvalue weighted by molar-refractivity contribution is 5.92. The smallest absolute Gasteiger partial charge is 0.418 e. The molecule has 0 radical (unpaired) electrons. The number of alkyl carbamates (subject to hydrolysis) is 1. The number of methoxy groups -OCH3 is 1. The van der Waals surface area contributed by atoms with E-state index in [0.29, 0.717) is 31.9 Å². The molecule has 1 aromatic heterocycles. The minimum Gasteiger partial charge on any atom is -0.497 e. The summed E-state index contributed by atoms with van der Waals surface area (Å²) >= 11 is 0. The highest BCUT2D eigenvalue weighted by Gasteiger charge is 2.16. The van der Waals surface area contributed by atoms with Crippen LogP contribution in [0, 0.1) is 11.8 Å². The van der Waals surface area contributed by atoms with Gasteiger partial charge in [-0.3, -0.25) is 4.57 Å². The number of aromatic nitrogens is 1. The van der Waals surface area contributed by atoms with Crippen molar-refractivity contribution in [3.05, 3.63) is 30.0 Å². The summed E-state index contributed by atoms with van der Waals surface area (Å²) in [6, 6.07) is 5.52. The molecule has 154 valence electrons. The number of hydrogen-bond acceptors (Lipinski definition) is 5. The second-order valence-corrected chi connectivity index (χ2v) is 7.55. The molecule has 1 N–H and O–H groups in total. The number of fused-ring (bicyclic) bond motifs is 1. The Morgan fingerprint density at radius 3 is 2.39 bits per heavy atom. The highest BCUT2D eigenvalue weighted by Crippen LogP contribution is 2.26. The van der Waals surface area contributed by atoms with Gasteiger partial charge in [-0.15, -0.1) is 0 Å². The van der Waals surface area contributed by atoms with Crippen molar-refractivity contribution in [2.75, 3.05) is 26.9 Å². The normalized spacial score (nSPS) is 11.1. The van der Waals surface area contributed by atoms with Crippen molar-refractivity contribution in [1.82, 2.24) is 9.88 Å². The van der Waals surface area contributed by atoms with Crippen LogP contribution in [-0.4, -0.2) is 43.6 Å². The van der Waals surface area contributed by atoms with Crippen molar-refractivity contribution in [3.63, 3.8) is 0 Å². The molecule has 28 heavy (non-hydrogen) atoms. The Hall–Kier alpha value is -2.70. The topological polar surface area (TPSA) is 78.8 Å². The first-order valence-electron chi connectivity index (χ1n) is 9.57. The fourth-order valence-corrected chi connectivity index (χ4v) is 2.65. The number of rotatable bonds is 8. The van der Waals surface area contributed by atoms with E-state index in [4.69, 9.17) is 14.2 Å². The average Bonchev–Trinajstić information content (AvgIpc) is 3.02. The van der Waals surface area contributed by atoms with Crippen LogP contribution >= 0.6 is 0 Å². The van der Waals surface area contributed by atoms with Gasteiger partial charge in [-0.1, -0.05) is 27.7 Å². The molecule has 7 nitrogen and oxygen atoms in total. The fraction of sp³-hybridized carbons (Fsp3) is 0.524. The first-order valence-corrected chi connectivity index (χ1v) is 9.57. The van der Waals surface area contributed by atoms with Crippen LogP contribution in [0.1, 0.15) is 33.3 Å². The van der Waals surface area contributed by atoms with Crippen molar-refractivity contribution in [2.45, 2.75) is 34.1 Å². The number of carbonyl (C=O) groups excluding carboxylic acids is 2. The lowest BCUT2D eigenvalue weighted by atomic mass is 10.1. The molecule has 7 heteroatoms. The summed E-state index contributed by atoms with van der Waals surface area (Å²) in [6.07, 6.45) is 1.45. The van der Waals surface area contributed by atoms with Crippen LogP contribution in [0.2, 0.25) is 0 Å². The number of amides is 1. The fourth-order valence-electron chi connectivity index (χ4n) is 2.65. The summed E-state index contributed by atoms with van der Waals surface area (Å²) < 4.78 is 17.3. The second kappa shape index (κ2) is 10.0. The maximum absolute atomic E-state index is 12.5. The van der Waals surface area contributed by atoms with Gasteiger partial charge in [-0.05, 0) is 42.0 Å². The van der Waals surface area contributed by atoms with Crippen LogP contribution in [0.15, 0.2) is 24.4 Å². The predicted molar refractivity (Wildman–Crippen MR) is 108 cm³/mol. The molecule has 0 bridgehead atoms. The summed E-state index contributed by atoms with van der Waals surface area (Å²) in [4.78, 5) is 24.2. The lowest BCUT2D eigenvalue weighted by Crippen LogP contribution is -2.27. The van der Waals surface area contributed by atoms with Gasteiger partial charge in [-0.25, -0.2) is 9.59 Å². The molecule has 0 aliphatic carbocycles. The molecule has 1 heterocycles. The van der Waals surface area contributed by atoms with Crippen LogP contribution in [0.5, 0.6) is 5.75 Å². The van der Waals surface area contributed by atoms with Crippen LogP contribution in [0.3, 0.4) is 0 Å². The zero-order valence-corrected chi connectivity index (χ0v) is 17.3. The third-order valence-corrected chi connectivity index (χ3v) is 4.04. The molecule has 0 fully saturated rings. The number of carbonyl (C=O) groups is 2. The molecule has 0 atom stereocenters. The van der Waals surface area contributed by atoms with Gasteiger partial charge in [0.25, 0.3) is 0 Å². The van der Waals surface area contributed by atoms with Crippen molar-refractivity contribution >= 4 is 23.1 Å². The minimum atomic E-state index is -0.439. The van der Waals surface area contributed by atoms with Gasteiger partial charge in [0, 0.05) is 18.1 Å². The summed E-state index contributed by atoms with van der Waals surface area (Å²) in [6.45, 7) is 9.07. The Kier molecular flexibility index (Phi) is 7.72. The van der Waals surface area contributed by atoms with Gasteiger partial charge in [-0.2, -0.15) is 0 Å². The zero-order chi connectivity index (χ0) is 20.7. The van der Waals surface area contributed by atoms with Crippen molar-refractivity contribution in [2.24, 2.45) is 11.8 Å². The molecule has 0 saturated carbocycles. The van der Waals surface area contributed by atoms with E-state index in [1.165, 1.54) is 4.57 Å². The first kappa shape index (κ1) is 21.6. The van der Waals surface area contributed by atoms with Crippen LogP contribution < -0.4 is 10.1 Å². The van der Waals surface area contributed by atoms with Gasteiger partial charge < -0.3 is 19.5 Å². The molecule has 2 aromatic rings. The predicted octanol–water partition coefficient (Wildman–Crippen LogP) is 4.22. The van der Waals surface area contributed by atoms with Crippen LogP contribution in [0.4, 0.5) is 9.59 Å². The van der Waals surface area contributed by atoms with E-state index in [2.05, 4.69) is 5.32 Å². The van der Waals surface area contributed by atoms with E-state index in [0.717, 1.165) is 16.5 Å². The summed E-state index contributed by atoms with van der Waals surface area (Å²) in [7, 11) is 1.60. The Morgan fingerprint density at radius 1 is 1.07 bits per heavy atom. The Balaban J connectivity index is 2.15. The van der Waals surface area contributed by atoms with E-state index >= 15 is 0 Å². The summed E-state index contributed by atoms with van der Waals surface area (Å²) in [5.41, 5.74) is 1.66. The van der Waals surface area contributed by atoms with Crippen molar-refractivity contribution < 1.29 is 23.8 Å². The number of benzene rings is 1. The number of nitrogens with zero attached hydrogens (tertiary/aromatic N) is 1. The van der Waals surface area contributed by atoms with E-state index in [9.17, 15) is 9.59 Å². The van der Waals surface area contributed by atoms with E-state index in [-0.39, 0.29) is 11.8 Å². The zero-order valence-electron chi connectivity index (χ0n) is 17.3. The van der Waals surface area contributed by atoms with Crippen LogP contribution in [-0.2, 0) is 15.9 Å². The maximum Gasteiger partial charge on any atom is 0.418 e. The first-order chi connectivity index (χ1) is 13.3. The van der Waals surface area contributed by atoms with Crippen molar-refractivity contribution in [3.8, 4) is 5.75 Å². The highest BCUT2D eigenvalue weighted by atomic mass is 16.6. The molecule has 1 amide bonds. The number of ether oxygens (including phenoxy) is 3. The lowest BCUT2D eigenvalue weighted by molar-refractivity contribution is 0.133. The van der Waals surface area contributed by atoms with Gasteiger partial charge in [0.2, 0.25) is 0 Å². The molecular weight excluding hydrogens is 360 g/mol. The molecule has 1 aromatic carbocycles. The van der Waals surface area contributed by atoms with Gasteiger partial charge >= 0.3 is 12.2 Å². The molecule has 0 saturated heterocycles. The molecule has 0 aliphatic heterocycles. The summed E-state index contributed by atoms with van der Waals surface area (Å²) in [5, 5.41) is 3.63. The largest absolute Gasteiger partial charge is 0.497 e. The third-order valence-electron chi connectivity index (χ3n) is 4.04. The number of hydrogen-bond donors (Lipinski definition) is 1. The van der Waals surface area contributed by atoms with E-state index in [1.807, 2.05) is 39.8 Å². The monoisotopic (exact) mass is 390 g/mol. The summed E-state index contributed by atoms with van der Waals surface area (Å²) in [5.74, 6) is 1.24. The molecule has 0 spiro atoms. The van der Waals surface area contributed by atoms with E-state index < -0.39 is 12.2 Å². The standard InChI is InChI=1S/C21H30N2O5/c1-14(2)12-27-20(24)22-9-8-16-11-23(21(25)28-13-15(3)4)19-7-6-17(26-5)10-18(16)19/h6-7,10-11,14-15H,8-9,12-13H2,1-5H3,(H,22,24). The van der Waals surface area contributed by atoms with Gasteiger partial charge in [0.15, 0.2) is 0 Å². The number of nitrogens with one attached hydrogen (secondary N) is 1. The van der Waals surface area contributed by atoms with Crippen molar-refractivity contribution in [1.29, 1.82) is 0 Å². The second-order valence-electron chi connectivity index (χ2n) is 7.55. The molecule has 0 aliphatic rings. The van der Waals surface area contributed by atoms with Gasteiger partial charge in [0.1, 0.15) is 5.75 Å². The Morgan fingerprint density at radius 2 is 1.75 bits per heavy atom. The molecule has 0 unspecified atom stereocenters. The minimum absolute atomic E-state index is 0.256. The lowest BCUT2D eigenvalue weighted by Gasteiger charge is -2.08. The Labute approximate surface area is 165 Å². The van der Waals surface area contributed by atoms with Crippen LogP contribution in [0.25, 0.3) is 10.9 Å². The third kappa shape index (κ3) is 5.90. The maximum atomic E-state index is 12.5. The molecular formula is C21H30N2O5. The molecule has 2 rings (SSSR count). The quantitative estimate of drug-likeness (QED) is 0.730. The Bertz CT molecular complexity index is 810. The SMILES string of the molecule is COc1ccc2c(c1)c(CCNC(=O)OCC(C)C)cn2C(=O)OCC(C)C. The van der Waals surface area contributed by atoms with E-state index in [1.54, 1.807) is 19.4 Å². The van der Waals surface area contributed by atoms with Gasteiger partial charge in [0.05, 0.1) is 25.8 Å².